The Hall–Kier alpha value is -6.91. The number of halogens is 3. The largest absolute Gasteiger partial charge is 0.372 e. The van der Waals surface area contributed by atoms with E-state index in [-0.39, 0.29) is 111 Å². The smallest absolute Gasteiger partial charge is 0.204 e. The van der Waals surface area contributed by atoms with Crippen molar-refractivity contribution in [3.63, 3.8) is 0 Å². The van der Waals surface area contributed by atoms with Crippen molar-refractivity contribution in [2.75, 3.05) is 54.1 Å². The van der Waals surface area contributed by atoms with Crippen molar-refractivity contribution < 1.29 is 72.4 Å². The van der Waals surface area contributed by atoms with Gasteiger partial charge in [-0.1, -0.05) is 24.1 Å². The van der Waals surface area contributed by atoms with Gasteiger partial charge < -0.3 is 30.5 Å². The third kappa shape index (κ3) is 10.8. The molecule has 0 saturated carbocycles. The first kappa shape index (κ1) is 53.9. The predicted octanol–water partition coefficient (Wildman–Crippen LogP) is 1.45. The van der Waals surface area contributed by atoms with Gasteiger partial charge in [-0.2, -0.15) is 9.97 Å². The Morgan fingerprint density at radius 3 is 2.59 bits per heavy atom. The molecule has 4 saturated heterocycles. The number of primary amides is 2. The molecule has 2 aromatic heterocycles. The number of imide groups is 1. The fourth-order valence-corrected chi connectivity index (χ4v) is 12.4. The number of phenols is 1. The molecule has 5 amide bonds. The summed E-state index contributed by atoms with van der Waals surface area (Å²) in [7, 11) is 0. The molecule has 5 atom stereocenters. The normalized spacial score (nSPS) is 21.1. The summed E-state index contributed by atoms with van der Waals surface area (Å²) in [5.41, 5.74) is 10.5. The van der Waals surface area contributed by atoms with E-state index in [4.69, 9.17) is 36.4 Å². The Balaban J connectivity index is 0.00000230. The molecule has 5 aliphatic rings. The van der Waals surface area contributed by atoms with Gasteiger partial charge in [-0.3, -0.25) is 14.7 Å². The van der Waals surface area contributed by atoms with Crippen molar-refractivity contribution in [2.45, 2.75) is 93.9 Å². The summed E-state index contributed by atoms with van der Waals surface area (Å²) in [5, 5.41) is 18.2. The second-order valence-corrected chi connectivity index (χ2v) is 21.5. The van der Waals surface area contributed by atoms with Crippen LogP contribution in [-0.2, 0) is 19.1 Å². The van der Waals surface area contributed by atoms with Crippen molar-refractivity contribution in [1.29, 1.82) is 0 Å². The Labute approximate surface area is 447 Å². The van der Waals surface area contributed by atoms with Crippen molar-refractivity contribution in [1.82, 2.24) is 30.1 Å². The van der Waals surface area contributed by atoms with Gasteiger partial charge in [0, 0.05) is 61.5 Å². The molecule has 2 bridgehead atoms. The number of alkyl halides is 1. The number of phenolic OH excluding ortho intramolecular Hbond substituents is 1. The van der Waals surface area contributed by atoms with Crippen LogP contribution >= 0.6 is 0 Å². The number of carbonyl (C=O) groups excluding carboxylic acids is 5. The molecule has 8 N–H and O–H groups in total. The Morgan fingerprint density at radius 1 is 1.08 bits per heavy atom. The maximum atomic E-state index is 17.2. The monoisotopic (exact) mass is 1160 g/mol. The molecule has 5 aliphatic heterocycles. The number of aromatic hydroxyl groups is 1. The number of rotatable bonds is 19. The Morgan fingerprint density at radius 2 is 1.86 bits per heavy atom. The van der Waals surface area contributed by atoms with E-state index in [2.05, 4.69) is 43.7 Å². The third-order valence-electron chi connectivity index (χ3n) is 14.9. The zero-order valence-electron chi connectivity index (χ0n) is 41.5. The van der Waals surface area contributed by atoms with E-state index in [1.54, 1.807) is 12.1 Å². The fraction of sp³-hybridized carbons (Fsp3) is 0.407. The second-order valence-electron chi connectivity index (χ2n) is 19.8. The maximum Gasteiger partial charge on any atom is 0.204 e. The molecule has 0 spiro atoms. The van der Waals surface area contributed by atoms with Crippen molar-refractivity contribution in [3.8, 4) is 35.4 Å². The van der Waals surface area contributed by atoms with E-state index in [9.17, 15) is 27.7 Å². The molecule has 5 unspecified atom stereocenters. The van der Waals surface area contributed by atoms with Crippen molar-refractivity contribution in [3.05, 3.63) is 89.1 Å². The number of nitrogens with zero attached hydrogens (tertiary/aromatic N) is 6. The van der Waals surface area contributed by atoms with Gasteiger partial charge in [0.2, 0.25) is 6.41 Å². The van der Waals surface area contributed by atoms with Crippen LogP contribution in [0, 0.1) is 24.0 Å². The number of piperazine rings is 1. The maximum absolute atomic E-state index is 17.2. The van der Waals surface area contributed by atoms with E-state index in [1.165, 1.54) is 36.5 Å². The number of carbonyl (C=O) groups is 5. The first-order valence-corrected chi connectivity index (χ1v) is 27.6. The molecule has 76 heavy (non-hydrogen) atoms. The van der Waals surface area contributed by atoms with E-state index in [1.807, 2.05) is 0 Å². The molecule has 5 aromatic rings. The standard InChI is InChI=1S/C53H55F2IN9O8.CH3NO/c1-3-35-39(54)14-11-30-20-34(66)21-37(43(30)35)46-45(55)47-38(23-58-46)49(63-25-31-12-13-32(26-63)59-31)62-52(61-47)73-28-53-17-15-33(64(53)24-29(2)22-53)27-72-19-6-4-5-10-42(67)60-40-9-7-8-36-44(40)51(70)65(50(36)69)41(48(57)68)16-18-56-71;2-1-3/h1,7-9,11,14,20-21,23,31-33,41,59,66,71H,2,4-6,10,12-13,15-19,22,24-28H2,(H2,57,68)(H,60,67);1H,(H2,2,3)/q-1;. The summed E-state index contributed by atoms with van der Waals surface area (Å²) in [5.74, 6) is -1.26. The van der Waals surface area contributed by atoms with E-state index < -0.39 is 62.6 Å². The summed E-state index contributed by atoms with van der Waals surface area (Å²) in [4.78, 5) is 80.0. The minimum atomic E-state index is -1.20. The SMILES string of the molecule is C#Cc1c(F)ccc2cc(O)cc(-c3ncc4c(N5CC6CCC(C5)N6)nc(OCC56CCC(COCCCCCC(=O)Nc7cccc8c7C(=O)N(C(CC[I-]O)C(N)=O)C8=O)N5CC(=C)C6)nc4c3F)c12.NC=O. The predicted molar refractivity (Wildman–Crippen MR) is 273 cm³/mol. The molecule has 19 nitrogen and oxygen atoms in total. The summed E-state index contributed by atoms with van der Waals surface area (Å²) < 4.78 is 54.7. The van der Waals surface area contributed by atoms with E-state index in [0.29, 0.717) is 75.1 Å². The number of nitrogens with two attached hydrogens (primary N) is 2. The van der Waals surface area contributed by atoms with Crippen LogP contribution in [-0.4, -0.2) is 137 Å². The number of aromatic nitrogens is 3. The minimum Gasteiger partial charge on any atom is -0.372 e. The van der Waals surface area contributed by atoms with Crippen LogP contribution < -0.4 is 53.4 Å². The molecule has 7 heterocycles. The molecule has 22 heteroatoms. The van der Waals surface area contributed by atoms with Gasteiger partial charge in [0.05, 0.1) is 23.1 Å². The molecule has 400 valence electrons. The quantitative estimate of drug-likeness (QED) is 0.0130. The van der Waals surface area contributed by atoms with Crippen LogP contribution in [0.15, 0.2) is 60.8 Å². The summed E-state index contributed by atoms with van der Waals surface area (Å²) in [6.07, 6.45) is 14.1. The summed E-state index contributed by atoms with van der Waals surface area (Å²) >= 11 is -1.18. The van der Waals surface area contributed by atoms with Crippen LogP contribution in [0.5, 0.6) is 11.8 Å². The number of benzene rings is 3. The van der Waals surface area contributed by atoms with E-state index in [0.717, 1.165) is 36.2 Å². The van der Waals surface area contributed by atoms with Crippen LogP contribution in [0.2, 0.25) is 0 Å². The molecular weight excluding hydrogens is 1100 g/mol. The molecule has 0 radical (unpaired) electrons. The van der Waals surface area contributed by atoms with Crippen LogP contribution in [0.3, 0.4) is 0 Å². The van der Waals surface area contributed by atoms with Gasteiger partial charge in [-0.05, 0) is 62.1 Å². The first-order chi connectivity index (χ1) is 36.7. The average Bonchev–Trinajstić information content (AvgIpc) is 4.11. The van der Waals surface area contributed by atoms with Crippen molar-refractivity contribution >= 4 is 63.2 Å². The topological polar surface area (TPSA) is 269 Å². The summed E-state index contributed by atoms with van der Waals surface area (Å²) in [6, 6.07) is 9.42. The molecule has 0 aliphatic carbocycles. The van der Waals surface area contributed by atoms with E-state index >= 15 is 8.78 Å². The fourth-order valence-electron chi connectivity index (χ4n) is 11.5. The number of fused-ring (bicyclic) bond motifs is 6. The molecule has 10 rings (SSSR count). The van der Waals surface area contributed by atoms with Crippen molar-refractivity contribution in [2.24, 2.45) is 11.5 Å². The minimum absolute atomic E-state index is 0.00762. The number of pyridine rings is 1. The Kier molecular flexibility index (Phi) is 16.4. The molecule has 4 fully saturated rings. The zero-order chi connectivity index (χ0) is 53.8. The van der Waals surface area contributed by atoms with Crippen LogP contribution in [0.4, 0.5) is 20.3 Å². The van der Waals surface area contributed by atoms with Gasteiger partial charge in [-0.25, -0.2) is 8.78 Å². The van der Waals surface area contributed by atoms with Crippen LogP contribution in [0.1, 0.15) is 90.5 Å². The first-order valence-electron chi connectivity index (χ1n) is 25.1. The second kappa shape index (κ2) is 23.1. The number of terminal acetylenes is 1. The summed E-state index contributed by atoms with van der Waals surface area (Å²) in [6.45, 7) is 7.50. The van der Waals surface area contributed by atoms with Gasteiger partial charge in [0.1, 0.15) is 35.2 Å². The van der Waals surface area contributed by atoms with Gasteiger partial charge in [0.15, 0.2) is 5.82 Å². The van der Waals surface area contributed by atoms with Gasteiger partial charge in [-0.15, -0.1) is 6.42 Å². The molecular formula is C54H58F2IN10O9-. The number of hydrogen-bond donors (Lipinski definition) is 6. The number of unbranched alkanes of at least 4 members (excludes halogenated alkanes) is 2. The number of hydrogen-bond acceptors (Lipinski definition) is 15. The third-order valence-corrected chi connectivity index (χ3v) is 16.0. The van der Waals surface area contributed by atoms with Crippen LogP contribution in [0.25, 0.3) is 32.9 Å². The number of ether oxygens (including phenoxy) is 2. The van der Waals surface area contributed by atoms with Gasteiger partial charge >= 0.3 is 161 Å². The Bertz CT molecular complexity index is 3170. The molecule has 3 aromatic carbocycles. The number of anilines is 2. The zero-order valence-corrected chi connectivity index (χ0v) is 43.7. The number of nitrogens with one attached hydrogen (secondary N) is 2. The average molecular weight is 1160 g/mol. The number of amides is 5. The van der Waals surface area contributed by atoms with Gasteiger partial charge in [0.25, 0.3) is 0 Å².